The number of amides is 2. The predicted molar refractivity (Wildman–Crippen MR) is 66.5 cm³/mol. The number of nitrogens with one attached hydrogen (secondary N) is 1. The molecule has 0 heterocycles. The summed E-state index contributed by atoms with van der Waals surface area (Å²) in [5, 5.41) is 11.5. The van der Waals surface area contributed by atoms with Gasteiger partial charge >= 0.3 is 6.03 Å². The second-order valence-electron chi connectivity index (χ2n) is 3.76. The van der Waals surface area contributed by atoms with E-state index in [4.69, 9.17) is 9.84 Å². The van der Waals surface area contributed by atoms with Crippen molar-refractivity contribution in [2.45, 2.75) is 6.92 Å². The van der Waals surface area contributed by atoms with E-state index in [1.807, 2.05) is 13.0 Å². The molecule has 0 bridgehead atoms. The molecule has 1 aromatic carbocycles. The first-order valence-corrected chi connectivity index (χ1v) is 5.36. The van der Waals surface area contributed by atoms with Gasteiger partial charge in [0.25, 0.3) is 0 Å². The van der Waals surface area contributed by atoms with Gasteiger partial charge in [0.05, 0.1) is 13.7 Å². The minimum absolute atomic E-state index is 0.0500. The molecule has 0 radical (unpaired) electrons. The van der Waals surface area contributed by atoms with E-state index >= 15 is 0 Å². The molecule has 0 unspecified atom stereocenters. The van der Waals surface area contributed by atoms with Crippen molar-refractivity contribution in [3.05, 3.63) is 23.8 Å². The Labute approximate surface area is 101 Å². The third-order valence-corrected chi connectivity index (χ3v) is 2.43. The number of methoxy groups -OCH3 is 1. The van der Waals surface area contributed by atoms with Crippen molar-refractivity contribution in [3.63, 3.8) is 0 Å². The molecule has 5 heteroatoms. The molecule has 0 atom stereocenters. The molecule has 17 heavy (non-hydrogen) atoms. The fraction of sp³-hybridized carbons (Fsp3) is 0.417. The molecular formula is C12H18N2O3. The third-order valence-electron chi connectivity index (χ3n) is 2.43. The van der Waals surface area contributed by atoms with Crippen LogP contribution < -0.4 is 10.1 Å². The van der Waals surface area contributed by atoms with Crippen LogP contribution in [-0.4, -0.2) is 43.3 Å². The van der Waals surface area contributed by atoms with Gasteiger partial charge in [0, 0.05) is 19.3 Å². The maximum atomic E-state index is 11.6. The lowest BCUT2D eigenvalue weighted by Crippen LogP contribution is -2.33. The number of hydrogen-bond donors (Lipinski definition) is 2. The number of aryl methyl sites for hydroxylation is 1. The van der Waals surface area contributed by atoms with Crippen LogP contribution in [0, 0.1) is 6.92 Å². The summed E-state index contributed by atoms with van der Waals surface area (Å²) in [6.07, 6.45) is 0. The van der Waals surface area contributed by atoms with Gasteiger partial charge < -0.3 is 20.1 Å². The monoisotopic (exact) mass is 238 g/mol. The van der Waals surface area contributed by atoms with Gasteiger partial charge in [-0.05, 0) is 30.7 Å². The molecule has 0 spiro atoms. The number of ether oxygens (including phenoxy) is 1. The third kappa shape index (κ3) is 3.64. The van der Waals surface area contributed by atoms with E-state index in [9.17, 15) is 4.79 Å². The lowest BCUT2D eigenvalue weighted by Gasteiger charge is -2.17. The van der Waals surface area contributed by atoms with Gasteiger partial charge in [-0.1, -0.05) is 0 Å². The summed E-state index contributed by atoms with van der Waals surface area (Å²) >= 11 is 0. The van der Waals surface area contributed by atoms with Crippen molar-refractivity contribution >= 4 is 11.7 Å². The predicted octanol–water partition coefficient (Wildman–Crippen LogP) is 1.46. The highest BCUT2D eigenvalue weighted by Crippen LogP contribution is 2.21. The molecule has 0 aliphatic carbocycles. The highest BCUT2D eigenvalue weighted by molar-refractivity contribution is 5.89. The van der Waals surface area contributed by atoms with Crippen LogP contribution in [-0.2, 0) is 0 Å². The zero-order chi connectivity index (χ0) is 12.8. The summed E-state index contributed by atoms with van der Waals surface area (Å²) < 4.78 is 5.13. The molecule has 0 aromatic heterocycles. The highest BCUT2D eigenvalue weighted by Gasteiger charge is 2.08. The second kappa shape index (κ2) is 6.10. The Hall–Kier alpha value is -1.75. The Morgan fingerprint density at radius 3 is 2.76 bits per heavy atom. The molecule has 2 amide bonds. The zero-order valence-corrected chi connectivity index (χ0v) is 10.4. The normalized spacial score (nSPS) is 9.88. The van der Waals surface area contributed by atoms with Crippen molar-refractivity contribution in [3.8, 4) is 5.75 Å². The number of benzene rings is 1. The zero-order valence-electron chi connectivity index (χ0n) is 10.4. The first-order chi connectivity index (χ1) is 8.08. The van der Waals surface area contributed by atoms with Crippen molar-refractivity contribution in [2.24, 2.45) is 0 Å². The summed E-state index contributed by atoms with van der Waals surface area (Å²) in [5.41, 5.74) is 1.66. The first kappa shape index (κ1) is 13.3. The van der Waals surface area contributed by atoms with Crippen molar-refractivity contribution < 1.29 is 14.6 Å². The summed E-state index contributed by atoms with van der Waals surface area (Å²) in [4.78, 5) is 13.1. The quantitative estimate of drug-likeness (QED) is 0.834. The van der Waals surface area contributed by atoms with Gasteiger partial charge in [-0.2, -0.15) is 0 Å². The number of rotatable bonds is 4. The fourth-order valence-electron chi connectivity index (χ4n) is 1.43. The molecule has 94 valence electrons. The van der Waals surface area contributed by atoms with Crippen molar-refractivity contribution in [2.75, 3.05) is 32.6 Å². The van der Waals surface area contributed by atoms with Crippen LogP contribution >= 0.6 is 0 Å². The van der Waals surface area contributed by atoms with Crippen LogP contribution in [0.3, 0.4) is 0 Å². The van der Waals surface area contributed by atoms with Crippen molar-refractivity contribution in [1.82, 2.24) is 4.90 Å². The Balaban J connectivity index is 2.69. The number of aliphatic hydroxyl groups excluding tert-OH is 1. The first-order valence-electron chi connectivity index (χ1n) is 5.36. The average molecular weight is 238 g/mol. The summed E-state index contributed by atoms with van der Waals surface area (Å²) in [6.45, 7) is 2.17. The number of carbonyl (C=O) groups is 1. The minimum Gasteiger partial charge on any atom is -0.496 e. The molecule has 5 nitrogen and oxygen atoms in total. The molecule has 0 fully saturated rings. The van der Waals surface area contributed by atoms with E-state index in [0.29, 0.717) is 12.2 Å². The maximum absolute atomic E-state index is 11.6. The van der Waals surface area contributed by atoms with E-state index in [0.717, 1.165) is 11.3 Å². The van der Waals surface area contributed by atoms with Gasteiger partial charge in [-0.3, -0.25) is 0 Å². The van der Waals surface area contributed by atoms with Crippen LogP contribution in [0.25, 0.3) is 0 Å². The largest absolute Gasteiger partial charge is 0.496 e. The summed E-state index contributed by atoms with van der Waals surface area (Å²) in [5.74, 6) is 0.784. The molecule has 0 saturated heterocycles. The molecule has 0 aliphatic heterocycles. The smallest absolute Gasteiger partial charge is 0.321 e. The lowest BCUT2D eigenvalue weighted by atomic mass is 10.2. The maximum Gasteiger partial charge on any atom is 0.321 e. The highest BCUT2D eigenvalue weighted by atomic mass is 16.5. The van der Waals surface area contributed by atoms with Crippen LogP contribution in [0.4, 0.5) is 10.5 Å². The van der Waals surface area contributed by atoms with Gasteiger partial charge in [0.15, 0.2) is 0 Å². The number of nitrogens with zero attached hydrogens (tertiary/aromatic N) is 1. The van der Waals surface area contributed by atoms with Gasteiger partial charge in [-0.25, -0.2) is 4.79 Å². The number of hydrogen-bond acceptors (Lipinski definition) is 3. The standard InChI is InChI=1S/C12H18N2O3/c1-9-8-10(4-5-11(9)17-3)13-12(16)14(2)6-7-15/h4-5,8,15H,6-7H2,1-3H3,(H,13,16). The van der Waals surface area contributed by atoms with Gasteiger partial charge in [0.1, 0.15) is 5.75 Å². The van der Waals surface area contributed by atoms with E-state index in [1.54, 1.807) is 26.3 Å². The number of urea groups is 1. The van der Waals surface area contributed by atoms with Crippen molar-refractivity contribution in [1.29, 1.82) is 0 Å². The Morgan fingerprint density at radius 2 is 2.24 bits per heavy atom. The van der Waals surface area contributed by atoms with Crippen LogP contribution in [0.5, 0.6) is 5.75 Å². The van der Waals surface area contributed by atoms with Crippen LogP contribution in [0.1, 0.15) is 5.56 Å². The summed E-state index contributed by atoms with van der Waals surface area (Å²) in [7, 11) is 3.23. The SMILES string of the molecule is COc1ccc(NC(=O)N(C)CCO)cc1C. The van der Waals surface area contributed by atoms with E-state index < -0.39 is 0 Å². The van der Waals surface area contributed by atoms with Crippen LogP contribution in [0.15, 0.2) is 18.2 Å². The van der Waals surface area contributed by atoms with E-state index in [2.05, 4.69) is 5.32 Å². The number of anilines is 1. The summed E-state index contributed by atoms with van der Waals surface area (Å²) in [6, 6.07) is 5.17. The fourth-order valence-corrected chi connectivity index (χ4v) is 1.43. The Bertz CT molecular complexity index is 393. The molecule has 2 N–H and O–H groups in total. The minimum atomic E-state index is -0.247. The van der Waals surface area contributed by atoms with Crippen LogP contribution in [0.2, 0.25) is 0 Å². The second-order valence-corrected chi connectivity index (χ2v) is 3.76. The Kier molecular flexibility index (Phi) is 4.78. The Morgan fingerprint density at radius 1 is 1.53 bits per heavy atom. The van der Waals surface area contributed by atoms with E-state index in [1.165, 1.54) is 4.90 Å². The van der Waals surface area contributed by atoms with Gasteiger partial charge in [0.2, 0.25) is 0 Å². The number of likely N-dealkylation sites (N-methyl/N-ethyl adjacent to an activating group) is 1. The molecule has 1 aromatic rings. The molecule has 1 rings (SSSR count). The number of aliphatic hydroxyl groups is 1. The molecule has 0 saturated carbocycles. The average Bonchev–Trinajstić information content (AvgIpc) is 2.29. The molecule has 0 aliphatic rings. The molecular weight excluding hydrogens is 220 g/mol. The lowest BCUT2D eigenvalue weighted by molar-refractivity contribution is 0.202. The van der Waals surface area contributed by atoms with E-state index in [-0.39, 0.29) is 12.6 Å². The number of carbonyl (C=O) groups excluding carboxylic acids is 1. The topological polar surface area (TPSA) is 61.8 Å². The van der Waals surface area contributed by atoms with Gasteiger partial charge in [-0.15, -0.1) is 0 Å².